The van der Waals surface area contributed by atoms with E-state index in [2.05, 4.69) is 9.97 Å². The van der Waals surface area contributed by atoms with Gasteiger partial charge in [0, 0.05) is 16.8 Å². The minimum absolute atomic E-state index is 0.691. The molecule has 0 aliphatic heterocycles. The lowest BCUT2D eigenvalue weighted by Crippen LogP contribution is -1.85. The van der Waals surface area contributed by atoms with Gasteiger partial charge >= 0.3 is 0 Å². The Balaban J connectivity index is 2.08. The van der Waals surface area contributed by atoms with Gasteiger partial charge in [-0.3, -0.25) is 0 Å². The fourth-order valence-corrected chi connectivity index (χ4v) is 2.60. The molecule has 16 heavy (non-hydrogen) atoms. The van der Waals surface area contributed by atoms with Gasteiger partial charge in [0.2, 0.25) is 0 Å². The van der Waals surface area contributed by atoms with E-state index >= 15 is 0 Å². The molecule has 0 amide bonds. The molecule has 2 nitrogen and oxygen atoms in total. The molecule has 1 N–H and O–H groups in total. The van der Waals surface area contributed by atoms with E-state index in [-0.39, 0.29) is 0 Å². The van der Waals surface area contributed by atoms with Gasteiger partial charge in [0.1, 0.15) is 9.67 Å². The summed E-state index contributed by atoms with van der Waals surface area (Å²) in [6.45, 7) is 0. The first-order chi connectivity index (χ1) is 7.75. The van der Waals surface area contributed by atoms with Crippen molar-refractivity contribution < 1.29 is 0 Å². The van der Waals surface area contributed by atoms with E-state index in [0.29, 0.717) is 4.64 Å². The summed E-state index contributed by atoms with van der Waals surface area (Å²) in [4.78, 5) is 7.03. The summed E-state index contributed by atoms with van der Waals surface area (Å²) in [6, 6.07) is 9.65. The van der Waals surface area contributed by atoms with Gasteiger partial charge in [0.25, 0.3) is 0 Å². The molecule has 0 radical (unpaired) electrons. The van der Waals surface area contributed by atoms with E-state index in [1.807, 2.05) is 30.3 Å². The third-order valence-electron chi connectivity index (χ3n) is 1.99. The molecule has 0 atom stereocenters. The van der Waals surface area contributed by atoms with Gasteiger partial charge in [-0.25, -0.2) is 4.98 Å². The minimum atomic E-state index is 0.691. The number of benzene rings is 1. The summed E-state index contributed by atoms with van der Waals surface area (Å²) >= 11 is 12.7. The Hall–Kier alpha value is -0.840. The highest BCUT2D eigenvalue weighted by Gasteiger charge is 2.01. The fourth-order valence-electron chi connectivity index (χ4n) is 1.20. The van der Waals surface area contributed by atoms with Crippen LogP contribution in [0.4, 0.5) is 0 Å². The smallest absolute Gasteiger partial charge is 0.107 e. The Labute approximate surface area is 108 Å². The molecular weight excluding hydrogens is 260 g/mol. The number of nitrogens with one attached hydrogen (secondary N) is 1. The van der Waals surface area contributed by atoms with Crippen molar-refractivity contribution in [2.24, 2.45) is 0 Å². The Morgan fingerprint density at radius 1 is 1.38 bits per heavy atom. The van der Waals surface area contributed by atoms with Crippen LogP contribution in [0.5, 0.6) is 0 Å². The number of thioether (sulfide) groups is 1. The van der Waals surface area contributed by atoms with Crippen molar-refractivity contribution in [2.45, 2.75) is 10.8 Å². The van der Waals surface area contributed by atoms with Crippen LogP contribution in [0.15, 0.2) is 41.7 Å². The van der Waals surface area contributed by atoms with E-state index in [9.17, 15) is 0 Å². The maximum atomic E-state index is 6.06. The van der Waals surface area contributed by atoms with E-state index in [4.69, 9.17) is 23.8 Å². The lowest BCUT2D eigenvalue weighted by atomic mass is 10.2. The molecule has 0 bridgehead atoms. The summed E-state index contributed by atoms with van der Waals surface area (Å²) in [7, 11) is 0. The van der Waals surface area contributed by atoms with Crippen LogP contribution < -0.4 is 0 Å². The average molecular weight is 269 g/mol. The van der Waals surface area contributed by atoms with Crippen LogP contribution in [0.1, 0.15) is 5.56 Å². The van der Waals surface area contributed by atoms with E-state index in [0.717, 1.165) is 21.4 Å². The first-order valence-corrected chi connectivity index (χ1v) is 6.44. The molecule has 82 valence electrons. The quantitative estimate of drug-likeness (QED) is 0.516. The zero-order chi connectivity index (χ0) is 11.4. The minimum Gasteiger partial charge on any atom is -0.337 e. The fraction of sp³-hybridized carbons (Fsp3) is 0.0909. The van der Waals surface area contributed by atoms with Crippen molar-refractivity contribution >= 4 is 35.6 Å². The van der Waals surface area contributed by atoms with Crippen LogP contribution in [-0.2, 0) is 5.75 Å². The highest BCUT2D eigenvalue weighted by Crippen LogP contribution is 2.24. The van der Waals surface area contributed by atoms with Crippen LogP contribution in [0.2, 0.25) is 5.02 Å². The van der Waals surface area contributed by atoms with Gasteiger partial charge in [0.15, 0.2) is 0 Å². The number of nitrogens with zero attached hydrogens (tertiary/aromatic N) is 1. The molecule has 5 heteroatoms. The number of hydrogen-bond acceptors (Lipinski definition) is 3. The van der Waals surface area contributed by atoms with E-state index < -0.39 is 0 Å². The van der Waals surface area contributed by atoms with E-state index in [1.54, 1.807) is 18.1 Å². The number of rotatable bonds is 3. The highest BCUT2D eigenvalue weighted by atomic mass is 35.5. The monoisotopic (exact) mass is 268 g/mol. The molecule has 2 rings (SSSR count). The van der Waals surface area contributed by atoms with Crippen LogP contribution in [0, 0.1) is 4.64 Å². The van der Waals surface area contributed by atoms with Gasteiger partial charge in [-0.05, 0) is 11.6 Å². The Morgan fingerprint density at radius 3 is 2.94 bits per heavy atom. The lowest BCUT2D eigenvalue weighted by molar-refractivity contribution is 1.03. The highest BCUT2D eigenvalue weighted by molar-refractivity contribution is 7.98. The van der Waals surface area contributed by atoms with Gasteiger partial charge in [0.05, 0.1) is 6.33 Å². The van der Waals surface area contributed by atoms with Crippen molar-refractivity contribution in [3.05, 3.63) is 51.9 Å². The molecule has 0 saturated carbocycles. The second-order valence-electron chi connectivity index (χ2n) is 3.13. The Morgan fingerprint density at radius 2 is 2.19 bits per heavy atom. The normalized spacial score (nSPS) is 10.3. The van der Waals surface area contributed by atoms with Gasteiger partial charge in [-0.15, -0.1) is 11.8 Å². The molecule has 0 spiro atoms. The summed E-state index contributed by atoms with van der Waals surface area (Å²) in [5, 5.41) is 1.69. The summed E-state index contributed by atoms with van der Waals surface area (Å²) in [6.07, 6.45) is 1.61. The second-order valence-corrected chi connectivity index (χ2v) is 4.97. The predicted octanol–water partition coefficient (Wildman–Crippen LogP) is 4.08. The third-order valence-corrected chi connectivity index (χ3v) is 3.57. The van der Waals surface area contributed by atoms with Crippen molar-refractivity contribution in [1.29, 1.82) is 0 Å². The zero-order valence-electron chi connectivity index (χ0n) is 8.31. The SMILES string of the molecule is S=c1cc(SCc2ccccc2Cl)nc[nH]1. The zero-order valence-corrected chi connectivity index (χ0v) is 10.7. The van der Waals surface area contributed by atoms with Crippen LogP contribution in [-0.4, -0.2) is 9.97 Å². The molecule has 0 saturated heterocycles. The summed E-state index contributed by atoms with van der Waals surface area (Å²) < 4.78 is 0.691. The Kier molecular flexibility index (Phi) is 3.98. The summed E-state index contributed by atoms with van der Waals surface area (Å²) in [5.74, 6) is 0.797. The van der Waals surface area contributed by atoms with Crippen molar-refractivity contribution in [3.8, 4) is 0 Å². The van der Waals surface area contributed by atoms with Crippen LogP contribution in [0.25, 0.3) is 0 Å². The maximum absolute atomic E-state index is 6.06. The lowest BCUT2D eigenvalue weighted by Gasteiger charge is -2.02. The number of aromatic amines is 1. The van der Waals surface area contributed by atoms with Crippen LogP contribution in [0.3, 0.4) is 0 Å². The number of hydrogen-bond donors (Lipinski definition) is 1. The predicted molar refractivity (Wildman–Crippen MR) is 70.4 cm³/mol. The number of H-pyrrole nitrogens is 1. The molecule has 0 aliphatic rings. The van der Waals surface area contributed by atoms with Gasteiger partial charge < -0.3 is 4.98 Å². The average Bonchev–Trinajstić information content (AvgIpc) is 2.28. The van der Waals surface area contributed by atoms with Crippen molar-refractivity contribution in [3.63, 3.8) is 0 Å². The standard InChI is InChI=1S/C11H9ClN2S2/c12-9-4-2-1-3-8(9)6-16-11-5-10(15)13-7-14-11/h1-5,7H,6H2,(H,13,14,15). The molecule has 1 heterocycles. The maximum Gasteiger partial charge on any atom is 0.107 e. The van der Waals surface area contributed by atoms with Crippen LogP contribution >= 0.6 is 35.6 Å². The first-order valence-electron chi connectivity index (χ1n) is 4.66. The number of halogens is 1. The molecule has 1 aromatic heterocycles. The summed E-state index contributed by atoms with van der Waals surface area (Å²) in [5.41, 5.74) is 1.11. The first kappa shape index (κ1) is 11.6. The molecular formula is C11H9ClN2S2. The number of aromatic nitrogens is 2. The largest absolute Gasteiger partial charge is 0.337 e. The van der Waals surface area contributed by atoms with Crippen molar-refractivity contribution in [2.75, 3.05) is 0 Å². The van der Waals surface area contributed by atoms with Gasteiger partial charge in [-0.1, -0.05) is 42.0 Å². The topological polar surface area (TPSA) is 28.7 Å². The van der Waals surface area contributed by atoms with E-state index in [1.165, 1.54) is 0 Å². The van der Waals surface area contributed by atoms with Crippen molar-refractivity contribution in [1.82, 2.24) is 9.97 Å². The second kappa shape index (κ2) is 5.48. The molecule has 0 aliphatic carbocycles. The molecule has 0 unspecified atom stereocenters. The Bertz CT molecular complexity index is 539. The van der Waals surface area contributed by atoms with Gasteiger partial charge in [-0.2, -0.15) is 0 Å². The molecule has 2 aromatic rings. The molecule has 0 fully saturated rings. The third kappa shape index (κ3) is 3.07. The molecule has 1 aromatic carbocycles.